The maximum absolute atomic E-state index is 12.3. The summed E-state index contributed by atoms with van der Waals surface area (Å²) in [4.78, 5) is 18.6. The first-order valence-corrected chi connectivity index (χ1v) is 8.42. The van der Waals surface area contributed by atoms with Crippen LogP contribution in [0.25, 0.3) is 0 Å². The number of aromatic nitrogens is 2. The van der Waals surface area contributed by atoms with Crippen LogP contribution in [-0.4, -0.2) is 26.9 Å². The summed E-state index contributed by atoms with van der Waals surface area (Å²) in [6.45, 7) is 6.86. The first kappa shape index (κ1) is 15.8. The molecule has 1 amide bonds. The summed E-state index contributed by atoms with van der Waals surface area (Å²) in [6, 6.07) is 10.4. The second-order valence-corrected chi connectivity index (χ2v) is 6.97. The van der Waals surface area contributed by atoms with Gasteiger partial charge in [-0.05, 0) is 23.8 Å². The Morgan fingerprint density at radius 2 is 2.04 bits per heavy atom. The molecule has 4 heteroatoms. The summed E-state index contributed by atoms with van der Waals surface area (Å²) < 4.78 is 2.17. The van der Waals surface area contributed by atoms with Crippen LogP contribution in [0.5, 0.6) is 0 Å². The van der Waals surface area contributed by atoms with Crippen molar-refractivity contribution in [3.63, 3.8) is 0 Å². The van der Waals surface area contributed by atoms with E-state index in [1.54, 1.807) is 0 Å². The van der Waals surface area contributed by atoms with Crippen LogP contribution in [-0.2, 0) is 24.3 Å². The molecule has 0 bridgehead atoms. The number of amides is 1. The zero-order chi connectivity index (χ0) is 16.2. The van der Waals surface area contributed by atoms with Crippen LogP contribution in [0, 0.1) is 11.8 Å². The molecular formula is C19H25N3O. The molecule has 0 radical (unpaired) electrons. The van der Waals surface area contributed by atoms with Crippen LogP contribution in [0.2, 0.25) is 0 Å². The van der Waals surface area contributed by atoms with Gasteiger partial charge in [-0.1, -0.05) is 44.2 Å². The van der Waals surface area contributed by atoms with Crippen molar-refractivity contribution in [2.24, 2.45) is 11.8 Å². The van der Waals surface area contributed by atoms with E-state index in [-0.39, 0.29) is 5.91 Å². The molecule has 1 saturated heterocycles. The SMILES string of the molecule is CC(C)Cn1cncc1CN1CC(Cc2ccccc2)CC1=O. The highest BCUT2D eigenvalue weighted by atomic mass is 16.2. The van der Waals surface area contributed by atoms with E-state index in [0.717, 1.165) is 25.2 Å². The fourth-order valence-electron chi connectivity index (χ4n) is 3.32. The van der Waals surface area contributed by atoms with E-state index < -0.39 is 0 Å². The molecule has 2 heterocycles. The van der Waals surface area contributed by atoms with Crippen LogP contribution in [0.15, 0.2) is 42.9 Å². The van der Waals surface area contributed by atoms with E-state index in [1.165, 1.54) is 5.56 Å². The van der Waals surface area contributed by atoms with E-state index in [0.29, 0.717) is 24.8 Å². The van der Waals surface area contributed by atoms with Crippen molar-refractivity contribution in [3.05, 3.63) is 54.1 Å². The quantitative estimate of drug-likeness (QED) is 0.822. The lowest BCUT2D eigenvalue weighted by atomic mass is 9.99. The lowest BCUT2D eigenvalue weighted by Gasteiger charge is -2.18. The second-order valence-electron chi connectivity index (χ2n) is 6.97. The second kappa shape index (κ2) is 6.99. The lowest BCUT2D eigenvalue weighted by molar-refractivity contribution is -0.128. The molecule has 0 saturated carbocycles. The molecule has 1 atom stereocenters. The zero-order valence-corrected chi connectivity index (χ0v) is 14.0. The van der Waals surface area contributed by atoms with Gasteiger partial charge in [-0.3, -0.25) is 4.79 Å². The van der Waals surface area contributed by atoms with Crippen molar-refractivity contribution in [1.82, 2.24) is 14.5 Å². The predicted octanol–water partition coefficient (Wildman–Crippen LogP) is 3.13. The number of likely N-dealkylation sites (tertiary alicyclic amines) is 1. The van der Waals surface area contributed by atoms with Crippen molar-refractivity contribution in [2.45, 2.75) is 39.8 Å². The van der Waals surface area contributed by atoms with E-state index >= 15 is 0 Å². The molecule has 4 nitrogen and oxygen atoms in total. The van der Waals surface area contributed by atoms with Gasteiger partial charge in [0.05, 0.1) is 18.6 Å². The average Bonchev–Trinajstić information content (AvgIpc) is 3.07. The van der Waals surface area contributed by atoms with Gasteiger partial charge in [-0.2, -0.15) is 0 Å². The normalized spacial score (nSPS) is 18.1. The summed E-state index contributed by atoms with van der Waals surface area (Å²) in [6.07, 6.45) is 5.40. The molecule has 0 spiro atoms. The molecule has 1 aliphatic heterocycles. The van der Waals surface area contributed by atoms with Crippen LogP contribution < -0.4 is 0 Å². The van der Waals surface area contributed by atoms with Crippen molar-refractivity contribution in [3.8, 4) is 0 Å². The van der Waals surface area contributed by atoms with Crippen molar-refractivity contribution in [2.75, 3.05) is 6.54 Å². The first-order chi connectivity index (χ1) is 11.1. The maximum atomic E-state index is 12.3. The Hall–Kier alpha value is -2.10. The molecule has 1 aliphatic rings. The fourth-order valence-corrected chi connectivity index (χ4v) is 3.32. The van der Waals surface area contributed by atoms with Crippen LogP contribution in [0.1, 0.15) is 31.5 Å². The average molecular weight is 311 g/mol. The van der Waals surface area contributed by atoms with Gasteiger partial charge in [0, 0.05) is 25.7 Å². The minimum atomic E-state index is 0.267. The Morgan fingerprint density at radius 1 is 1.26 bits per heavy atom. The maximum Gasteiger partial charge on any atom is 0.223 e. The van der Waals surface area contributed by atoms with E-state index in [2.05, 4.69) is 47.7 Å². The molecule has 0 aliphatic carbocycles. The number of rotatable bonds is 6. The number of imidazole rings is 1. The molecule has 0 N–H and O–H groups in total. The molecule has 23 heavy (non-hydrogen) atoms. The van der Waals surface area contributed by atoms with Gasteiger partial charge in [0.25, 0.3) is 0 Å². The fraction of sp³-hybridized carbons (Fsp3) is 0.474. The molecule has 1 fully saturated rings. The third-order valence-corrected chi connectivity index (χ3v) is 4.38. The van der Waals surface area contributed by atoms with E-state index in [9.17, 15) is 4.79 Å². The van der Waals surface area contributed by atoms with Gasteiger partial charge in [0.15, 0.2) is 0 Å². The summed E-state index contributed by atoms with van der Waals surface area (Å²) in [5, 5.41) is 0. The summed E-state index contributed by atoms with van der Waals surface area (Å²) in [5.74, 6) is 1.26. The van der Waals surface area contributed by atoms with Gasteiger partial charge >= 0.3 is 0 Å². The molecule has 1 aromatic heterocycles. The molecule has 1 unspecified atom stereocenters. The monoisotopic (exact) mass is 311 g/mol. The standard InChI is InChI=1S/C19H25N3O/c1-15(2)11-22-14-20-10-18(22)13-21-12-17(9-19(21)23)8-16-6-4-3-5-7-16/h3-7,10,14-15,17H,8-9,11-13H2,1-2H3. The largest absolute Gasteiger partial charge is 0.337 e. The zero-order valence-electron chi connectivity index (χ0n) is 14.0. The van der Waals surface area contributed by atoms with Gasteiger partial charge in [0.2, 0.25) is 5.91 Å². The Kier molecular flexibility index (Phi) is 4.79. The highest BCUT2D eigenvalue weighted by Gasteiger charge is 2.30. The number of carbonyl (C=O) groups excluding carboxylic acids is 1. The summed E-state index contributed by atoms with van der Waals surface area (Å²) >= 11 is 0. The summed E-state index contributed by atoms with van der Waals surface area (Å²) in [7, 11) is 0. The lowest BCUT2D eigenvalue weighted by Crippen LogP contribution is -2.26. The van der Waals surface area contributed by atoms with Crippen LogP contribution in [0.4, 0.5) is 0 Å². The van der Waals surface area contributed by atoms with Crippen molar-refractivity contribution < 1.29 is 4.79 Å². The molecule has 122 valence electrons. The predicted molar refractivity (Wildman–Crippen MR) is 90.7 cm³/mol. The van der Waals surface area contributed by atoms with Gasteiger partial charge in [-0.25, -0.2) is 4.98 Å². The Labute approximate surface area is 138 Å². The highest BCUT2D eigenvalue weighted by Crippen LogP contribution is 2.23. The smallest absolute Gasteiger partial charge is 0.223 e. The van der Waals surface area contributed by atoms with Crippen LogP contribution in [0.3, 0.4) is 0 Å². The molecule has 2 aromatic rings. The van der Waals surface area contributed by atoms with Gasteiger partial charge in [-0.15, -0.1) is 0 Å². The van der Waals surface area contributed by atoms with E-state index in [4.69, 9.17) is 0 Å². The topological polar surface area (TPSA) is 38.1 Å². The molecular weight excluding hydrogens is 286 g/mol. The van der Waals surface area contributed by atoms with Gasteiger partial charge in [0.1, 0.15) is 0 Å². The van der Waals surface area contributed by atoms with Gasteiger partial charge < -0.3 is 9.47 Å². The minimum Gasteiger partial charge on any atom is -0.337 e. The third-order valence-electron chi connectivity index (χ3n) is 4.38. The Balaban J connectivity index is 1.61. The Bertz CT molecular complexity index is 648. The highest BCUT2D eigenvalue weighted by molar-refractivity contribution is 5.78. The summed E-state index contributed by atoms with van der Waals surface area (Å²) in [5.41, 5.74) is 2.45. The number of hydrogen-bond donors (Lipinski definition) is 0. The molecule has 1 aromatic carbocycles. The number of benzene rings is 1. The number of carbonyl (C=O) groups is 1. The number of nitrogens with zero attached hydrogens (tertiary/aromatic N) is 3. The van der Waals surface area contributed by atoms with Crippen molar-refractivity contribution in [1.29, 1.82) is 0 Å². The molecule has 3 rings (SSSR count). The third kappa shape index (κ3) is 4.01. The van der Waals surface area contributed by atoms with Crippen LogP contribution >= 0.6 is 0 Å². The Morgan fingerprint density at radius 3 is 2.78 bits per heavy atom. The van der Waals surface area contributed by atoms with Crippen molar-refractivity contribution >= 4 is 5.91 Å². The van der Waals surface area contributed by atoms with E-state index in [1.807, 2.05) is 23.5 Å². The number of hydrogen-bond acceptors (Lipinski definition) is 2. The first-order valence-electron chi connectivity index (χ1n) is 8.42. The minimum absolute atomic E-state index is 0.267.